The first kappa shape index (κ1) is 16.5. The van der Waals surface area contributed by atoms with Gasteiger partial charge in [0.05, 0.1) is 11.4 Å². The van der Waals surface area contributed by atoms with Crippen molar-refractivity contribution < 1.29 is 18.4 Å². The number of carbonyl (C=O) groups excluding carboxylic acids is 2. The van der Waals surface area contributed by atoms with Crippen molar-refractivity contribution in [2.24, 2.45) is 0 Å². The van der Waals surface area contributed by atoms with E-state index in [9.17, 15) is 18.4 Å². The van der Waals surface area contributed by atoms with Crippen LogP contribution in [-0.2, 0) is 11.3 Å². The molecule has 2 amide bonds. The predicted molar refractivity (Wildman–Crippen MR) is 96.5 cm³/mol. The molecule has 1 aromatic heterocycles. The second-order valence-corrected chi connectivity index (χ2v) is 6.79. The van der Waals surface area contributed by atoms with Crippen molar-refractivity contribution in [1.29, 1.82) is 0 Å². The monoisotopic (exact) mass is 370 g/mol. The summed E-state index contributed by atoms with van der Waals surface area (Å²) in [7, 11) is 0. The number of hydrogen-bond donors (Lipinski definition) is 1. The lowest BCUT2D eigenvalue weighted by atomic mass is 10.1. The van der Waals surface area contributed by atoms with Gasteiger partial charge in [-0.1, -0.05) is 18.2 Å². The number of thioether (sulfide) groups is 1. The van der Waals surface area contributed by atoms with E-state index < -0.39 is 22.8 Å². The fourth-order valence-corrected chi connectivity index (χ4v) is 3.60. The first-order valence-corrected chi connectivity index (χ1v) is 8.60. The highest BCUT2D eigenvalue weighted by Crippen LogP contribution is 2.29. The van der Waals surface area contributed by atoms with Crippen LogP contribution in [0.4, 0.5) is 13.6 Å². The summed E-state index contributed by atoms with van der Waals surface area (Å²) in [5.41, 5.74) is 1.52. The Morgan fingerprint density at radius 2 is 1.77 bits per heavy atom. The largest absolute Gasteiger partial charge is 0.343 e. The van der Waals surface area contributed by atoms with Gasteiger partial charge in [-0.15, -0.1) is 0 Å². The number of aromatic nitrogens is 1. The van der Waals surface area contributed by atoms with Crippen molar-refractivity contribution in [3.8, 4) is 0 Å². The van der Waals surface area contributed by atoms with E-state index in [1.807, 2.05) is 18.2 Å². The standard InChI is InChI=1S/C19H12F2N2O2S/c20-14-4-2-5-15(21)13(14)10-23-8-7-12-11(3-1-6-16(12)23)9-17-18(24)22-19(25)26-17/h1-9H,10H2,(H,22,24,25)/b17-9-. The average Bonchev–Trinajstić information content (AvgIpc) is 3.15. The summed E-state index contributed by atoms with van der Waals surface area (Å²) in [6.45, 7) is 0.0513. The van der Waals surface area contributed by atoms with Crippen LogP contribution in [0.25, 0.3) is 17.0 Å². The van der Waals surface area contributed by atoms with Gasteiger partial charge in [-0.3, -0.25) is 14.9 Å². The Morgan fingerprint density at radius 3 is 2.46 bits per heavy atom. The molecule has 1 saturated heterocycles. The Hall–Kier alpha value is -2.93. The van der Waals surface area contributed by atoms with Gasteiger partial charge < -0.3 is 4.57 Å². The molecule has 0 unspecified atom stereocenters. The highest BCUT2D eigenvalue weighted by Gasteiger charge is 2.25. The van der Waals surface area contributed by atoms with Crippen molar-refractivity contribution in [2.45, 2.75) is 6.54 Å². The minimum atomic E-state index is -0.595. The second-order valence-electron chi connectivity index (χ2n) is 5.78. The van der Waals surface area contributed by atoms with Crippen molar-refractivity contribution in [3.63, 3.8) is 0 Å². The van der Waals surface area contributed by atoms with Gasteiger partial charge in [0.15, 0.2) is 0 Å². The van der Waals surface area contributed by atoms with Crippen LogP contribution in [0.15, 0.2) is 53.6 Å². The number of imide groups is 1. The van der Waals surface area contributed by atoms with Crippen LogP contribution in [0.5, 0.6) is 0 Å². The van der Waals surface area contributed by atoms with E-state index in [1.165, 1.54) is 18.2 Å². The number of nitrogens with one attached hydrogen (secondary N) is 1. The van der Waals surface area contributed by atoms with Crippen LogP contribution in [0.2, 0.25) is 0 Å². The molecule has 0 radical (unpaired) electrons. The third kappa shape index (κ3) is 2.90. The first-order valence-electron chi connectivity index (χ1n) is 7.78. The molecule has 1 aliphatic rings. The SMILES string of the molecule is O=C1NC(=O)/C(=C/c2cccc3c2ccn3Cc2c(F)cccc2F)S1. The summed E-state index contributed by atoms with van der Waals surface area (Å²) in [5.74, 6) is -1.62. The third-order valence-electron chi connectivity index (χ3n) is 4.17. The molecule has 130 valence electrons. The van der Waals surface area contributed by atoms with Crippen LogP contribution >= 0.6 is 11.8 Å². The van der Waals surface area contributed by atoms with E-state index in [4.69, 9.17) is 0 Å². The first-order chi connectivity index (χ1) is 12.5. The van der Waals surface area contributed by atoms with Gasteiger partial charge in [0.25, 0.3) is 11.1 Å². The molecule has 1 fully saturated rings. The van der Waals surface area contributed by atoms with E-state index in [2.05, 4.69) is 5.32 Å². The number of nitrogens with zero attached hydrogens (tertiary/aromatic N) is 1. The maximum atomic E-state index is 13.9. The van der Waals surface area contributed by atoms with Crippen LogP contribution < -0.4 is 5.32 Å². The van der Waals surface area contributed by atoms with Crippen LogP contribution in [0.3, 0.4) is 0 Å². The van der Waals surface area contributed by atoms with E-state index >= 15 is 0 Å². The van der Waals surface area contributed by atoms with Gasteiger partial charge in [-0.05, 0) is 47.7 Å². The molecular weight excluding hydrogens is 358 g/mol. The zero-order valence-electron chi connectivity index (χ0n) is 13.3. The van der Waals surface area contributed by atoms with Crippen LogP contribution in [-0.4, -0.2) is 15.7 Å². The number of benzene rings is 2. The second kappa shape index (κ2) is 6.42. The molecule has 0 saturated carbocycles. The Balaban J connectivity index is 1.75. The minimum Gasteiger partial charge on any atom is -0.343 e. The molecular formula is C19H12F2N2O2S. The van der Waals surface area contributed by atoms with Crippen LogP contribution in [0.1, 0.15) is 11.1 Å². The number of rotatable bonds is 3. The number of amides is 2. The fourth-order valence-electron chi connectivity index (χ4n) is 2.93. The fraction of sp³-hybridized carbons (Fsp3) is 0.0526. The molecule has 1 N–H and O–H groups in total. The quantitative estimate of drug-likeness (QED) is 0.700. The van der Waals surface area contributed by atoms with Crippen LogP contribution in [0, 0.1) is 11.6 Å². The lowest BCUT2D eigenvalue weighted by molar-refractivity contribution is -0.115. The molecule has 2 aromatic carbocycles. The summed E-state index contributed by atoms with van der Waals surface area (Å²) >= 11 is 0.846. The zero-order valence-corrected chi connectivity index (χ0v) is 14.1. The Morgan fingerprint density at radius 1 is 1.04 bits per heavy atom. The molecule has 0 bridgehead atoms. The topological polar surface area (TPSA) is 51.1 Å². The van der Waals surface area contributed by atoms with E-state index in [1.54, 1.807) is 22.9 Å². The molecule has 4 rings (SSSR count). The van der Waals surface area contributed by atoms with Gasteiger partial charge in [0, 0.05) is 22.7 Å². The van der Waals surface area contributed by atoms with E-state index in [0.717, 1.165) is 28.2 Å². The van der Waals surface area contributed by atoms with Crippen molar-refractivity contribution in [2.75, 3.05) is 0 Å². The summed E-state index contributed by atoms with van der Waals surface area (Å²) in [6.07, 6.45) is 3.38. The lowest BCUT2D eigenvalue weighted by Crippen LogP contribution is -2.17. The number of hydrogen-bond acceptors (Lipinski definition) is 3. The molecule has 3 aromatic rings. The zero-order chi connectivity index (χ0) is 18.3. The predicted octanol–water partition coefficient (Wildman–Crippen LogP) is 4.29. The lowest BCUT2D eigenvalue weighted by Gasteiger charge is -2.08. The molecule has 7 heteroatoms. The third-order valence-corrected chi connectivity index (χ3v) is 4.98. The smallest absolute Gasteiger partial charge is 0.290 e. The van der Waals surface area contributed by atoms with Crippen molar-refractivity contribution in [3.05, 3.63) is 76.3 Å². The van der Waals surface area contributed by atoms with E-state index in [-0.39, 0.29) is 12.1 Å². The summed E-state index contributed by atoms with van der Waals surface area (Å²) in [4.78, 5) is 23.4. The maximum absolute atomic E-state index is 13.9. The molecule has 0 spiro atoms. The molecule has 0 atom stereocenters. The summed E-state index contributed by atoms with van der Waals surface area (Å²) in [5, 5.41) is 2.64. The Kier molecular flexibility index (Phi) is 4.08. The Bertz CT molecular complexity index is 1070. The molecule has 2 heterocycles. The summed E-state index contributed by atoms with van der Waals surface area (Å²) in [6, 6.07) is 11.1. The van der Waals surface area contributed by atoms with Gasteiger partial charge in [-0.25, -0.2) is 8.78 Å². The maximum Gasteiger partial charge on any atom is 0.290 e. The molecule has 1 aliphatic heterocycles. The highest BCUT2D eigenvalue weighted by atomic mass is 32.2. The molecule has 0 aliphatic carbocycles. The van der Waals surface area contributed by atoms with Crippen molar-refractivity contribution in [1.82, 2.24) is 9.88 Å². The number of carbonyl (C=O) groups is 2. The molecule has 26 heavy (non-hydrogen) atoms. The van der Waals surface area contributed by atoms with Gasteiger partial charge in [0.1, 0.15) is 11.6 Å². The van der Waals surface area contributed by atoms with Crippen molar-refractivity contribution >= 4 is 39.9 Å². The summed E-state index contributed by atoms with van der Waals surface area (Å²) < 4.78 is 29.6. The normalized spacial score (nSPS) is 15.8. The van der Waals surface area contributed by atoms with Gasteiger partial charge >= 0.3 is 0 Å². The van der Waals surface area contributed by atoms with Gasteiger partial charge in [0.2, 0.25) is 0 Å². The Labute approximate surface area is 151 Å². The number of halogens is 2. The van der Waals surface area contributed by atoms with E-state index in [0.29, 0.717) is 4.91 Å². The minimum absolute atomic E-state index is 0.00918. The molecule has 4 nitrogen and oxygen atoms in total. The number of fused-ring (bicyclic) bond motifs is 1. The van der Waals surface area contributed by atoms with Gasteiger partial charge in [-0.2, -0.15) is 0 Å². The highest BCUT2D eigenvalue weighted by molar-refractivity contribution is 8.18. The average molecular weight is 370 g/mol.